The average molecular weight is 459 g/mol. The van der Waals surface area contributed by atoms with Gasteiger partial charge in [-0.1, -0.05) is 66.7 Å². The molecule has 0 aromatic heterocycles. The third kappa shape index (κ3) is 4.38. The zero-order valence-corrected chi connectivity index (χ0v) is 20.2. The topological polar surface area (TPSA) is 30.9 Å². The maximum Gasteiger partial charge on any atom is 0.494 e. The molecule has 3 aromatic carbocycles. The van der Waals surface area contributed by atoms with Gasteiger partial charge in [0.05, 0.1) is 17.2 Å². The predicted molar refractivity (Wildman–Crippen MR) is 133 cm³/mol. The molecule has 2 fully saturated rings. The molecule has 0 saturated carbocycles. The molecule has 2 aliphatic rings. The van der Waals surface area contributed by atoms with E-state index in [-0.39, 0.29) is 17.9 Å². The van der Waals surface area contributed by atoms with Crippen LogP contribution in [-0.2, 0) is 9.31 Å². The smallest absolute Gasteiger partial charge is 0.485 e. The molecule has 0 spiro atoms. The van der Waals surface area contributed by atoms with E-state index in [1.807, 2.05) is 45.9 Å². The standard InChI is InChI=1S/C28H31BFNO3/c1-27(2)28(3,4)34-29(33-27)22-15-16-25(24(30)17-22)32-23-18-31(19-23)26(20-11-7-5-8-12-20)21-13-9-6-10-14-21/h5-17,23,26H,18-19H2,1-4H3. The van der Waals surface area contributed by atoms with Gasteiger partial charge in [0.1, 0.15) is 6.10 Å². The van der Waals surface area contributed by atoms with Gasteiger partial charge in [0.15, 0.2) is 11.6 Å². The van der Waals surface area contributed by atoms with E-state index in [0.29, 0.717) is 5.46 Å². The molecule has 2 heterocycles. The summed E-state index contributed by atoms with van der Waals surface area (Å²) in [5.41, 5.74) is 2.21. The monoisotopic (exact) mass is 459 g/mol. The van der Waals surface area contributed by atoms with Crippen LogP contribution in [0, 0.1) is 5.82 Å². The minimum absolute atomic E-state index is 0.0629. The lowest BCUT2D eigenvalue weighted by Crippen LogP contribution is -2.55. The van der Waals surface area contributed by atoms with Gasteiger partial charge in [-0.2, -0.15) is 0 Å². The quantitative estimate of drug-likeness (QED) is 0.487. The molecule has 3 aromatic rings. The zero-order valence-electron chi connectivity index (χ0n) is 20.2. The third-order valence-corrected chi connectivity index (χ3v) is 7.25. The number of nitrogens with zero attached hydrogens (tertiary/aromatic N) is 1. The van der Waals surface area contributed by atoms with Crippen molar-refractivity contribution in [1.82, 2.24) is 4.90 Å². The predicted octanol–water partition coefficient (Wildman–Crippen LogP) is 4.98. The summed E-state index contributed by atoms with van der Waals surface area (Å²) in [4.78, 5) is 2.37. The van der Waals surface area contributed by atoms with Crippen LogP contribution in [0.4, 0.5) is 4.39 Å². The van der Waals surface area contributed by atoms with Crippen LogP contribution in [0.5, 0.6) is 5.75 Å². The van der Waals surface area contributed by atoms with Crippen molar-refractivity contribution in [2.45, 2.75) is 51.0 Å². The highest BCUT2D eigenvalue weighted by molar-refractivity contribution is 6.62. The van der Waals surface area contributed by atoms with Gasteiger partial charge in [-0.15, -0.1) is 0 Å². The Morgan fingerprint density at radius 1 is 0.853 bits per heavy atom. The minimum atomic E-state index is -0.592. The molecule has 34 heavy (non-hydrogen) atoms. The van der Waals surface area contributed by atoms with E-state index in [0.717, 1.165) is 13.1 Å². The van der Waals surface area contributed by atoms with E-state index >= 15 is 0 Å². The van der Waals surface area contributed by atoms with Crippen LogP contribution in [0.2, 0.25) is 0 Å². The summed E-state index contributed by atoms with van der Waals surface area (Å²) in [6.45, 7) is 9.41. The molecule has 0 aliphatic carbocycles. The lowest BCUT2D eigenvalue weighted by molar-refractivity contribution is -0.00166. The number of hydrogen-bond acceptors (Lipinski definition) is 4. The van der Waals surface area contributed by atoms with Gasteiger partial charge in [0.25, 0.3) is 0 Å². The molecule has 0 radical (unpaired) electrons. The fourth-order valence-corrected chi connectivity index (χ4v) is 4.56. The Morgan fingerprint density at radius 2 is 1.38 bits per heavy atom. The number of benzene rings is 3. The van der Waals surface area contributed by atoms with E-state index in [1.165, 1.54) is 17.2 Å². The van der Waals surface area contributed by atoms with Crippen LogP contribution in [-0.4, -0.2) is 42.4 Å². The summed E-state index contributed by atoms with van der Waals surface area (Å²) in [6.07, 6.45) is -0.0629. The van der Waals surface area contributed by atoms with Gasteiger partial charge in [-0.3, -0.25) is 4.90 Å². The van der Waals surface area contributed by atoms with Crippen molar-refractivity contribution >= 4 is 12.6 Å². The minimum Gasteiger partial charge on any atom is -0.485 e. The number of halogens is 1. The van der Waals surface area contributed by atoms with Gasteiger partial charge < -0.3 is 14.0 Å². The molecule has 0 amide bonds. The van der Waals surface area contributed by atoms with Crippen LogP contribution < -0.4 is 10.2 Å². The molecule has 176 valence electrons. The third-order valence-electron chi connectivity index (χ3n) is 7.25. The van der Waals surface area contributed by atoms with E-state index < -0.39 is 24.1 Å². The van der Waals surface area contributed by atoms with Crippen molar-refractivity contribution in [2.24, 2.45) is 0 Å². The van der Waals surface area contributed by atoms with Gasteiger partial charge >= 0.3 is 7.12 Å². The fraction of sp³-hybridized carbons (Fsp3) is 0.357. The van der Waals surface area contributed by atoms with Crippen molar-refractivity contribution in [2.75, 3.05) is 13.1 Å². The normalized spacial score (nSPS) is 19.9. The molecule has 6 heteroatoms. The van der Waals surface area contributed by atoms with Crippen molar-refractivity contribution in [3.05, 3.63) is 95.8 Å². The SMILES string of the molecule is CC1(C)OB(c2ccc(OC3CN(C(c4ccccc4)c4ccccc4)C3)c(F)c2)OC1(C)C. The Bertz CT molecular complexity index is 1080. The highest BCUT2D eigenvalue weighted by atomic mass is 19.1. The Kier molecular flexibility index (Phi) is 6.01. The second-order valence-electron chi connectivity index (χ2n) is 10.2. The highest BCUT2D eigenvalue weighted by Gasteiger charge is 2.51. The molecule has 4 nitrogen and oxygen atoms in total. The van der Waals surface area contributed by atoms with Crippen LogP contribution in [0.3, 0.4) is 0 Å². The fourth-order valence-electron chi connectivity index (χ4n) is 4.56. The van der Waals surface area contributed by atoms with Crippen LogP contribution >= 0.6 is 0 Å². The number of rotatable bonds is 6. The summed E-state index contributed by atoms with van der Waals surface area (Å²) in [7, 11) is -0.592. The van der Waals surface area contributed by atoms with Gasteiger partial charge in [-0.05, 0) is 56.4 Å². The summed E-state index contributed by atoms with van der Waals surface area (Å²) in [5, 5.41) is 0. The molecule has 0 N–H and O–H groups in total. The van der Waals surface area contributed by atoms with Crippen LogP contribution in [0.1, 0.15) is 44.9 Å². The van der Waals surface area contributed by atoms with Crippen molar-refractivity contribution in [1.29, 1.82) is 0 Å². The Hall–Kier alpha value is -2.67. The van der Waals surface area contributed by atoms with E-state index in [9.17, 15) is 4.39 Å². The van der Waals surface area contributed by atoms with Crippen molar-refractivity contribution in [3.63, 3.8) is 0 Å². The maximum absolute atomic E-state index is 14.9. The van der Waals surface area contributed by atoms with Crippen molar-refractivity contribution in [3.8, 4) is 5.75 Å². The molecule has 5 rings (SSSR count). The molecular weight excluding hydrogens is 428 g/mol. The molecule has 2 aliphatic heterocycles. The summed E-state index contributed by atoms with van der Waals surface area (Å²) < 4.78 is 33.1. The van der Waals surface area contributed by atoms with Crippen LogP contribution in [0.25, 0.3) is 0 Å². The number of ether oxygens (including phenoxy) is 1. The highest BCUT2D eigenvalue weighted by Crippen LogP contribution is 2.37. The first-order valence-corrected chi connectivity index (χ1v) is 11.9. The van der Waals surface area contributed by atoms with Gasteiger partial charge in [-0.25, -0.2) is 4.39 Å². The Labute approximate surface area is 201 Å². The summed E-state index contributed by atoms with van der Waals surface area (Å²) >= 11 is 0. The Morgan fingerprint density at radius 3 is 1.88 bits per heavy atom. The zero-order chi connectivity index (χ0) is 23.9. The Balaban J connectivity index is 1.26. The number of likely N-dealkylation sites (tertiary alicyclic amines) is 1. The number of hydrogen-bond donors (Lipinski definition) is 0. The van der Waals surface area contributed by atoms with E-state index in [4.69, 9.17) is 14.0 Å². The lowest BCUT2D eigenvalue weighted by atomic mass is 9.79. The molecule has 0 atom stereocenters. The molecule has 0 unspecified atom stereocenters. The average Bonchev–Trinajstić information content (AvgIpc) is 3.01. The first-order valence-electron chi connectivity index (χ1n) is 11.9. The first kappa shape index (κ1) is 23.1. The van der Waals surface area contributed by atoms with Crippen LogP contribution in [0.15, 0.2) is 78.9 Å². The van der Waals surface area contributed by atoms with Gasteiger partial charge in [0, 0.05) is 13.1 Å². The van der Waals surface area contributed by atoms with E-state index in [2.05, 4.69) is 53.4 Å². The summed E-state index contributed by atoms with van der Waals surface area (Å²) in [6, 6.07) is 26.1. The second-order valence-corrected chi connectivity index (χ2v) is 10.2. The molecule has 2 saturated heterocycles. The molecule has 0 bridgehead atoms. The largest absolute Gasteiger partial charge is 0.494 e. The second kappa shape index (κ2) is 8.84. The maximum atomic E-state index is 14.9. The van der Waals surface area contributed by atoms with Crippen molar-refractivity contribution < 1.29 is 18.4 Å². The molecular formula is C28H31BFNO3. The van der Waals surface area contributed by atoms with E-state index in [1.54, 1.807) is 6.07 Å². The lowest BCUT2D eigenvalue weighted by Gasteiger charge is -2.44. The summed E-state index contributed by atoms with van der Waals surface area (Å²) in [5.74, 6) is -0.130. The first-order chi connectivity index (χ1) is 16.2. The van der Waals surface area contributed by atoms with Gasteiger partial charge in [0.2, 0.25) is 0 Å².